The molecule has 0 atom stereocenters. The minimum Gasteiger partial charge on any atom is -0.308 e. The third kappa shape index (κ3) is 3.29. The summed E-state index contributed by atoms with van der Waals surface area (Å²) in [6.07, 6.45) is 0. The van der Waals surface area contributed by atoms with E-state index in [1.807, 2.05) is 6.92 Å². The van der Waals surface area contributed by atoms with Crippen LogP contribution in [-0.2, 0) is 0 Å². The quantitative estimate of drug-likeness (QED) is 0.511. The summed E-state index contributed by atoms with van der Waals surface area (Å²) >= 11 is 1.64. The number of hydrogen-bond acceptors (Lipinski definition) is 5. The first-order valence-corrected chi connectivity index (χ1v) is 7.42. The average molecular weight is 288 g/mol. The van der Waals surface area contributed by atoms with Crippen molar-refractivity contribution in [3.63, 3.8) is 0 Å². The van der Waals surface area contributed by atoms with Gasteiger partial charge < -0.3 is 5.43 Å². The van der Waals surface area contributed by atoms with Crippen LogP contribution < -0.4 is 11.3 Å². The molecule has 4 nitrogen and oxygen atoms in total. The molecule has 0 amide bonds. The lowest BCUT2D eigenvalue weighted by molar-refractivity contribution is 0.749. The molecular weight excluding hydrogens is 268 g/mol. The molecule has 0 unspecified atom stereocenters. The second kappa shape index (κ2) is 6.24. The standard InChI is InChI=1S/C15H20N4S/c1-9(2)13-17-14(19-16)11(4)15(18-13)20-12-7-5-6-10(3)8-12/h5-9H,16H2,1-4H3,(H,17,18,19). The molecule has 0 radical (unpaired) electrons. The van der Waals surface area contributed by atoms with Crippen LogP contribution in [0.3, 0.4) is 0 Å². The molecule has 0 aliphatic rings. The van der Waals surface area contributed by atoms with Crippen LogP contribution in [-0.4, -0.2) is 9.97 Å². The van der Waals surface area contributed by atoms with E-state index >= 15 is 0 Å². The first kappa shape index (κ1) is 14.8. The lowest BCUT2D eigenvalue weighted by Gasteiger charge is -2.13. The van der Waals surface area contributed by atoms with Crippen molar-refractivity contribution in [3.8, 4) is 0 Å². The second-order valence-corrected chi connectivity index (χ2v) is 6.14. The molecule has 1 heterocycles. The molecule has 1 aromatic heterocycles. The molecule has 5 heteroatoms. The number of nitrogen functional groups attached to an aromatic ring is 1. The highest BCUT2D eigenvalue weighted by atomic mass is 32.2. The van der Waals surface area contributed by atoms with Crippen LogP contribution in [0, 0.1) is 13.8 Å². The molecule has 0 saturated carbocycles. The van der Waals surface area contributed by atoms with Crippen LogP contribution >= 0.6 is 11.8 Å². The lowest BCUT2D eigenvalue weighted by Crippen LogP contribution is -2.13. The summed E-state index contributed by atoms with van der Waals surface area (Å²) in [7, 11) is 0. The Bertz CT molecular complexity index is 611. The number of aromatic nitrogens is 2. The summed E-state index contributed by atoms with van der Waals surface area (Å²) in [6.45, 7) is 8.22. The van der Waals surface area contributed by atoms with Crippen LogP contribution in [0.1, 0.15) is 36.7 Å². The number of anilines is 1. The average Bonchev–Trinajstić information content (AvgIpc) is 2.41. The molecule has 2 aromatic rings. The Morgan fingerprint density at radius 2 is 1.95 bits per heavy atom. The van der Waals surface area contributed by atoms with Crippen LogP contribution in [0.5, 0.6) is 0 Å². The van der Waals surface area contributed by atoms with Gasteiger partial charge >= 0.3 is 0 Å². The summed E-state index contributed by atoms with van der Waals surface area (Å²) in [5.74, 6) is 7.32. The Morgan fingerprint density at radius 3 is 2.55 bits per heavy atom. The maximum absolute atomic E-state index is 5.56. The Hall–Kier alpha value is -1.59. The van der Waals surface area contributed by atoms with Crippen molar-refractivity contribution in [2.75, 3.05) is 5.43 Å². The Balaban J connectivity index is 2.42. The molecule has 20 heavy (non-hydrogen) atoms. The fraction of sp³-hybridized carbons (Fsp3) is 0.333. The molecule has 0 saturated heterocycles. The van der Waals surface area contributed by atoms with Crippen LogP contribution in [0.2, 0.25) is 0 Å². The highest BCUT2D eigenvalue weighted by Gasteiger charge is 2.13. The second-order valence-electron chi connectivity index (χ2n) is 5.08. The van der Waals surface area contributed by atoms with Crippen molar-refractivity contribution in [2.45, 2.75) is 43.5 Å². The van der Waals surface area contributed by atoms with Gasteiger partial charge in [0.1, 0.15) is 16.7 Å². The zero-order valence-corrected chi connectivity index (χ0v) is 13.1. The fourth-order valence-corrected chi connectivity index (χ4v) is 2.80. The Morgan fingerprint density at radius 1 is 1.20 bits per heavy atom. The number of hydrazine groups is 1. The number of nitrogens with zero attached hydrogens (tertiary/aromatic N) is 2. The van der Waals surface area contributed by atoms with Gasteiger partial charge in [0.05, 0.1) is 0 Å². The number of benzene rings is 1. The van der Waals surface area contributed by atoms with Gasteiger partial charge in [0.15, 0.2) is 0 Å². The third-order valence-electron chi connectivity index (χ3n) is 2.98. The summed E-state index contributed by atoms with van der Waals surface area (Å²) in [5.41, 5.74) is 4.88. The third-order valence-corrected chi connectivity index (χ3v) is 4.06. The predicted octanol–water partition coefficient (Wildman–Crippen LogP) is 3.65. The molecule has 3 N–H and O–H groups in total. The Kier molecular flexibility index (Phi) is 4.62. The summed E-state index contributed by atoms with van der Waals surface area (Å²) < 4.78 is 0. The zero-order chi connectivity index (χ0) is 14.7. The first-order valence-electron chi connectivity index (χ1n) is 6.61. The van der Waals surface area contributed by atoms with E-state index in [1.54, 1.807) is 11.8 Å². The number of hydrogen-bond donors (Lipinski definition) is 2. The number of nitrogens with one attached hydrogen (secondary N) is 1. The lowest BCUT2D eigenvalue weighted by atomic mass is 10.2. The zero-order valence-electron chi connectivity index (χ0n) is 12.3. The minimum absolute atomic E-state index is 0.263. The van der Waals surface area contributed by atoms with Crippen LogP contribution in [0.4, 0.5) is 5.82 Å². The van der Waals surface area contributed by atoms with Gasteiger partial charge in [-0.25, -0.2) is 15.8 Å². The maximum atomic E-state index is 5.56. The first-order chi connectivity index (χ1) is 9.51. The fourth-order valence-electron chi connectivity index (χ4n) is 1.80. The van der Waals surface area contributed by atoms with E-state index in [2.05, 4.69) is 60.4 Å². The SMILES string of the molecule is Cc1cccc(Sc2nc(C(C)C)nc(NN)c2C)c1. The van der Waals surface area contributed by atoms with Crippen molar-refractivity contribution in [1.82, 2.24) is 9.97 Å². The normalized spacial score (nSPS) is 10.9. The van der Waals surface area contributed by atoms with Crippen molar-refractivity contribution in [2.24, 2.45) is 5.84 Å². The molecule has 0 spiro atoms. The van der Waals surface area contributed by atoms with Gasteiger partial charge in [-0.15, -0.1) is 0 Å². The number of nitrogens with two attached hydrogens (primary N) is 1. The van der Waals surface area contributed by atoms with Crippen LogP contribution in [0.15, 0.2) is 34.2 Å². The van der Waals surface area contributed by atoms with Crippen molar-refractivity contribution in [1.29, 1.82) is 0 Å². The maximum Gasteiger partial charge on any atom is 0.147 e. The van der Waals surface area contributed by atoms with Gasteiger partial charge in [0, 0.05) is 16.4 Å². The van der Waals surface area contributed by atoms with Gasteiger partial charge in [-0.1, -0.05) is 43.3 Å². The van der Waals surface area contributed by atoms with E-state index in [0.717, 1.165) is 16.4 Å². The largest absolute Gasteiger partial charge is 0.308 e. The van der Waals surface area contributed by atoms with Crippen molar-refractivity contribution >= 4 is 17.6 Å². The topological polar surface area (TPSA) is 63.8 Å². The Labute approximate surface area is 124 Å². The van der Waals surface area contributed by atoms with Gasteiger partial charge in [-0.2, -0.15) is 0 Å². The molecule has 2 rings (SSSR count). The van der Waals surface area contributed by atoms with E-state index < -0.39 is 0 Å². The smallest absolute Gasteiger partial charge is 0.147 e. The van der Waals surface area contributed by atoms with Crippen molar-refractivity contribution in [3.05, 3.63) is 41.2 Å². The molecular formula is C15H20N4S. The van der Waals surface area contributed by atoms with E-state index in [0.29, 0.717) is 5.82 Å². The van der Waals surface area contributed by atoms with E-state index in [4.69, 9.17) is 5.84 Å². The highest BCUT2D eigenvalue weighted by molar-refractivity contribution is 7.99. The van der Waals surface area contributed by atoms with Gasteiger partial charge in [-0.3, -0.25) is 0 Å². The monoisotopic (exact) mass is 288 g/mol. The van der Waals surface area contributed by atoms with Gasteiger partial charge in [0.2, 0.25) is 0 Å². The summed E-state index contributed by atoms with van der Waals surface area (Å²) in [4.78, 5) is 10.3. The van der Waals surface area contributed by atoms with Crippen LogP contribution in [0.25, 0.3) is 0 Å². The van der Waals surface area contributed by atoms with Crippen molar-refractivity contribution < 1.29 is 0 Å². The molecule has 1 aromatic carbocycles. The number of aryl methyl sites for hydroxylation is 1. The minimum atomic E-state index is 0.263. The van der Waals surface area contributed by atoms with Gasteiger partial charge in [0.25, 0.3) is 0 Å². The van der Waals surface area contributed by atoms with E-state index in [-0.39, 0.29) is 5.92 Å². The molecule has 106 valence electrons. The molecule has 0 fully saturated rings. The molecule has 0 aliphatic carbocycles. The van der Waals surface area contributed by atoms with E-state index in [1.165, 1.54) is 10.5 Å². The molecule has 0 bridgehead atoms. The summed E-state index contributed by atoms with van der Waals surface area (Å²) in [5, 5.41) is 0.947. The predicted molar refractivity (Wildman–Crippen MR) is 84.0 cm³/mol. The van der Waals surface area contributed by atoms with Gasteiger partial charge in [-0.05, 0) is 26.0 Å². The molecule has 0 aliphatic heterocycles. The summed E-state index contributed by atoms with van der Waals surface area (Å²) in [6, 6.07) is 8.38. The van der Waals surface area contributed by atoms with E-state index in [9.17, 15) is 0 Å². The highest BCUT2D eigenvalue weighted by Crippen LogP contribution is 2.32. The number of rotatable bonds is 4.